The van der Waals surface area contributed by atoms with E-state index in [4.69, 9.17) is 10.8 Å². The van der Waals surface area contributed by atoms with Gasteiger partial charge in [0.15, 0.2) is 0 Å². The van der Waals surface area contributed by atoms with E-state index >= 15 is 0 Å². The molecule has 2 bridgehead atoms. The predicted molar refractivity (Wildman–Crippen MR) is 79.5 cm³/mol. The van der Waals surface area contributed by atoms with Crippen LogP contribution in [-0.2, 0) is 9.59 Å². The molecule has 5 nitrogen and oxygen atoms in total. The average Bonchev–Trinajstić information content (AvgIpc) is 3.00. The van der Waals surface area contributed by atoms with Crippen LogP contribution in [0.2, 0.25) is 0 Å². The van der Waals surface area contributed by atoms with Gasteiger partial charge in [0.2, 0.25) is 5.91 Å². The molecule has 2 aliphatic rings. The lowest BCUT2D eigenvalue weighted by atomic mass is 9.84. The molecule has 0 aromatic heterocycles. The summed E-state index contributed by atoms with van der Waals surface area (Å²) in [6, 6.07) is -0.665. The molecule has 1 amide bonds. The minimum Gasteiger partial charge on any atom is -0.480 e. The van der Waals surface area contributed by atoms with Crippen LogP contribution >= 0.6 is 11.8 Å². The van der Waals surface area contributed by atoms with Gasteiger partial charge in [-0.3, -0.25) is 9.59 Å². The molecule has 6 heteroatoms. The normalized spacial score (nSPS) is 31.0. The van der Waals surface area contributed by atoms with E-state index in [-0.39, 0.29) is 23.5 Å². The van der Waals surface area contributed by atoms with Crippen molar-refractivity contribution >= 4 is 23.6 Å². The van der Waals surface area contributed by atoms with E-state index in [0.717, 1.165) is 11.8 Å². The maximum Gasteiger partial charge on any atom is 0.321 e. The Bertz CT molecular complexity index is 377. The minimum atomic E-state index is -1.02. The molecule has 0 aromatic rings. The van der Waals surface area contributed by atoms with E-state index < -0.39 is 12.0 Å². The summed E-state index contributed by atoms with van der Waals surface area (Å²) >= 11 is 1.28. The number of carboxylic acids is 1. The highest BCUT2D eigenvalue weighted by Crippen LogP contribution is 2.49. The highest BCUT2D eigenvalue weighted by molar-refractivity contribution is 8.00. The number of hydrogen-bond donors (Lipinski definition) is 3. The van der Waals surface area contributed by atoms with E-state index in [1.807, 2.05) is 0 Å². The number of nitrogens with two attached hydrogens (primary N) is 1. The Morgan fingerprint density at radius 3 is 2.70 bits per heavy atom. The van der Waals surface area contributed by atoms with Crippen molar-refractivity contribution in [3.63, 3.8) is 0 Å². The molecule has 4 unspecified atom stereocenters. The molecule has 2 saturated carbocycles. The summed E-state index contributed by atoms with van der Waals surface area (Å²) in [7, 11) is 0. The lowest BCUT2D eigenvalue weighted by Crippen LogP contribution is -2.41. The molecule has 0 saturated heterocycles. The zero-order valence-electron chi connectivity index (χ0n) is 11.9. The third kappa shape index (κ3) is 3.88. The first-order valence-corrected chi connectivity index (χ1v) is 8.48. The number of aliphatic carboxylic acids is 1. The zero-order chi connectivity index (χ0) is 14.7. The quantitative estimate of drug-likeness (QED) is 0.654. The van der Waals surface area contributed by atoms with E-state index in [1.54, 1.807) is 0 Å². The largest absolute Gasteiger partial charge is 0.480 e. The standard InChI is InChI=1S/C14H24N2O3S/c1-8(11-5-9-2-3-10(11)4-9)16-13(17)7-20-6-12(15)14(18)19/h8-12H,2-7,15H2,1H3,(H,16,17)(H,18,19)/t8?,9?,10?,11?,12-/m0/s1. The number of rotatable bonds is 7. The van der Waals surface area contributed by atoms with Gasteiger partial charge >= 0.3 is 5.97 Å². The van der Waals surface area contributed by atoms with Gasteiger partial charge in [-0.15, -0.1) is 11.8 Å². The van der Waals surface area contributed by atoms with Gasteiger partial charge in [-0.2, -0.15) is 0 Å². The summed E-state index contributed by atoms with van der Waals surface area (Å²) in [4.78, 5) is 22.4. The van der Waals surface area contributed by atoms with Crippen molar-refractivity contribution < 1.29 is 14.7 Å². The van der Waals surface area contributed by atoms with Crippen LogP contribution in [0.5, 0.6) is 0 Å². The second-order valence-electron chi connectivity index (χ2n) is 6.15. The van der Waals surface area contributed by atoms with Crippen LogP contribution < -0.4 is 11.1 Å². The highest BCUT2D eigenvalue weighted by atomic mass is 32.2. The van der Waals surface area contributed by atoms with Gasteiger partial charge in [-0.25, -0.2) is 0 Å². The number of carbonyl (C=O) groups excluding carboxylic acids is 1. The summed E-state index contributed by atoms with van der Waals surface area (Å²) < 4.78 is 0. The lowest BCUT2D eigenvalue weighted by molar-refractivity contribution is -0.138. The van der Waals surface area contributed by atoms with Crippen molar-refractivity contribution in [1.82, 2.24) is 5.32 Å². The zero-order valence-corrected chi connectivity index (χ0v) is 12.7. The van der Waals surface area contributed by atoms with Gasteiger partial charge in [-0.1, -0.05) is 6.42 Å². The summed E-state index contributed by atoms with van der Waals surface area (Å²) in [5.74, 6) is 1.83. The van der Waals surface area contributed by atoms with Crippen LogP contribution in [0.3, 0.4) is 0 Å². The second-order valence-corrected chi connectivity index (χ2v) is 7.19. The molecule has 2 rings (SSSR count). The molecule has 0 aromatic carbocycles. The summed E-state index contributed by atoms with van der Waals surface area (Å²) in [5, 5.41) is 11.7. The van der Waals surface area contributed by atoms with Crippen molar-refractivity contribution in [2.75, 3.05) is 11.5 Å². The molecule has 4 N–H and O–H groups in total. The van der Waals surface area contributed by atoms with Gasteiger partial charge in [-0.05, 0) is 43.9 Å². The molecule has 5 atom stereocenters. The number of hydrogen-bond acceptors (Lipinski definition) is 4. The first-order chi connectivity index (χ1) is 9.47. The van der Waals surface area contributed by atoms with Crippen LogP contribution in [0.15, 0.2) is 0 Å². The average molecular weight is 300 g/mol. The fraction of sp³-hybridized carbons (Fsp3) is 0.857. The Kier molecular flexibility index (Phi) is 5.32. The number of fused-ring (bicyclic) bond motifs is 2. The van der Waals surface area contributed by atoms with Gasteiger partial charge < -0.3 is 16.2 Å². The van der Waals surface area contributed by atoms with Gasteiger partial charge in [0.05, 0.1) is 5.75 Å². The predicted octanol–water partition coefficient (Wildman–Crippen LogP) is 1.07. The number of thioether (sulfide) groups is 1. The molecular formula is C14H24N2O3S. The Morgan fingerprint density at radius 2 is 2.15 bits per heavy atom. The van der Waals surface area contributed by atoms with E-state index in [1.165, 1.54) is 37.4 Å². The van der Waals surface area contributed by atoms with Crippen molar-refractivity contribution in [2.24, 2.45) is 23.5 Å². The molecule has 20 heavy (non-hydrogen) atoms. The summed E-state index contributed by atoms with van der Waals surface area (Å²) in [6.45, 7) is 2.09. The molecule has 2 fully saturated rings. The van der Waals surface area contributed by atoms with Gasteiger partial charge in [0.1, 0.15) is 6.04 Å². The Hall–Kier alpha value is -0.750. The van der Waals surface area contributed by atoms with Crippen LogP contribution in [0, 0.1) is 17.8 Å². The Balaban J connectivity index is 1.65. The number of carboxylic acid groups (broad SMARTS) is 1. The molecule has 0 heterocycles. The first-order valence-electron chi connectivity index (χ1n) is 7.33. The smallest absolute Gasteiger partial charge is 0.321 e. The molecule has 0 radical (unpaired) electrons. The van der Waals surface area contributed by atoms with Crippen molar-refractivity contribution in [1.29, 1.82) is 0 Å². The second kappa shape index (κ2) is 6.80. The first kappa shape index (κ1) is 15.6. The van der Waals surface area contributed by atoms with Gasteiger partial charge in [0.25, 0.3) is 0 Å². The maximum absolute atomic E-state index is 11.8. The van der Waals surface area contributed by atoms with Crippen molar-refractivity contribution in [3.05, 3.63) is 0 Å². The fourth-order valence-corrected chi connectivity index (χ4v) is 4.44. The lowest BCUT2D eigenvalue weighted by Gasteiger charge is -2.28. The van der Waals surface area contributed by atoms with E-state index in [9.17, 15) is 9.59 Å². The van der Waals surface area contributed by atoms with E-state index in [2.05, 4.69) is 12.2 Å². The maximum atomic E-state index is 11.8. The van der Waals surface area contributed by atoms with Crippen LogP contribution in [0.4, 0.5) is 0 Å². The SMILES string of the molecule is CC(NC(=O)CSC[C@H](N)C(=O)O)C1CC2CCC1C2. The number of carbonyl (C=O) groups is 2. The van der Waals surface area contributed by atoms with Crippen molar-refractivity contribution in [3.8, 4) is 0 Å². The molecule has 2 aliphatic carbocycles. The fourth-order valence-electron chi connectivity index (χ4n) is 3.66. The van der Waals surface area contributed by atoms with E-state index in [0.29, 0.717) is 5.92 Å². The third-order valence-corrected chi connectivity index (χ3v) is 5.73. The van der Waals surface area contributed by atoms with Crippen molar-refractivity contribution in [2.45, 2.75) is 44.7 Å². The van der Waals surface area contributed by atoms with Crippen LogP contribution in [0.25, 0.3) is 0 Å². The molecule has 114 valence electrons. The minimum absolute atomic E-state index is 0.0112. The monoisotopic (exact) mass is 300 g/mol. The number of nitrogens with one attached hydrogen (secondary N) is 1. The highest BCUT2D eigenvalue weighted by Gasteiger charge is 2.42. The number of amides is 1. The summed E-state index contributed by atoms with van der Waals surface area (Å²) in [6.07, 6.45) is 5.28. The van der Waals surface area contributed by atoms with Crippen LogP contribution in [-0.4, -0.2) is 40.6 Å². The molecular weight excluding hydrogens is 276 g/mol. The summed E-state index contributed by atoms with van der Waals surface area (Å²) in [5.41, 5.74) is 5.39. The topological polar surface area (TPSA) is 92.4 Å². The Labute approximate surface area is 124 Å². The molecule has 0 spiro atoms. The molecule has 0 aliphatic heterocycles. The van der Waals surface area contributed by atoms with Gasteiger partial charge in [0, 0.05) is 11.8 Å². The van der Waals surface area contributed by atoms with Crippen LogP contribution in [0.1, 0.15) is 32.6 Å². The third-order valence-electron chi connectivity index (χ3n) is 4.67. The Morgan fingerprint density at radius 1 is 1.40 bits per heavy atom.